The molecule has 2 heterocycles. The van der Waals surface area contributed by atoms with Crippen molar-refractivity contribution in [2.45, 2.75) is 19.5 Å². The van der Waals surface area contributed by atoms with Crippen molar-refractivity contribution >= 4 is 22.6 Å². The normalized spacial score (nSPS) is 11.7. The summed E-state index contributed by atoms with van der Waals surface area (Å²) in [5, 5.41) is 7.07. The van der Waals surface area contributed by atoms with E-state index in [0.717, 1.165) is 17.0 Å². The molecular weight excluding hydrogens is 383 g/mol. The number of amides is 1. The molecule has 2 aromatic carbocycles. The van der Waals surface area contributed by atoms with Crippen LogP contribution in [-0.2, 0) is 17.4 Å². The second kappa shape index (κ2) is 7.12. The molecule has 0 spiro atoms. The van der Waals surface area contributed by atoms with E-state index in [0.29, 0.717) is 11.1 Å². The van der Waals surface area contributed by atoms with E-state index >= 15 is 0 Å². The molecule has 0 bridgehead atoms. The minimum absolute atomic E-state index is 0.103. The van der Waals surface area contributed by atoms with Crippen molar-refractivity contribution < 1.29 is 22.4 Å². The van der Waals surface area contributed by atoms with Crippen molar-refractivity contribution in [3.8, 4) is 5.69 Å². The van der Waals surface area contributed by atoms with Gasteiger partial charge in [-0.05, 0) is 42.8 Å². The summed E-state index contributed by atoms with van der Waals surface area (Å²) in [6.45, 7) is 1.92. The van der Waals surface area contributed by atoms with E-state index in [9.17, 15) is 18.0 Å². The second-order valence-electron chi connectivity index (χ2n) is 6.66. The number of nitrogens with zero attached hydrogens (tertiary/aromatic N) is 2. The van der Waals surface area contributed by atoms with Gasteiger partial charge in [0.25, 0.3) is 0 Å². The molecule has 0 radical (unpaired) electrons. The van der Waals surface area contributed by atoms with Crippen LogP contribution in [0.1, 0.15) is 16.7 Å². The van der Waals surface area contributed by atoms with Gasteiger partial charge in [0.1, 0.15) is 5.58 Å². The zero-order valence-corrected chi connectivity index (χ0v) is 15.3. The summed E-state index contributed by atoms with van der Waals surface area (Å²) >= 11 is 0. The zero-order chi connectivity index (χ0) is 20.6. The van der Waals surface area contributed by atoms with Crippen molar-refractivity contribution in [3.05, 3.63) is 77.8 Å². The lowest BCUT2D eigenvalue weighted by molar-refractivity contribution is -0.137. The minimum Gasteiger partial charge on any atom is -0.464 e. The Hall–Kier alpha value is -3.55. The van der Waals surface area contributed by atoms with Crippen LogP contribution >= 0.6 is 0 Å². The Morgan fingerprint density at radius 1 is 1.21 bits per heavy atom. The highest BCUT2D eigenvalue weighted by atomic mass is 19.4. The maximum absolute atomic E-state index is 13.5. The minimum atomic E-state index is -4.63. The molecule has 4 aromatic rings. The second-order valence-corrected chi connectivity index (χ2v) is 6.66. The fourth-order valence-electron chi connectivity index (χ4n) is 3.13. The van der Waals surface area contributed by atoms with Crippen LogP contribution in [0.25, 0.3) is 16.7 Å². The number of rotatable bonds is 4. The molecule has 5 nitrogen and oxygen atoms in total. The summed E-state index contributed by atoms with van der Waals surface area (Å²) in [5.74, 6) is -0.564. The van der Waals surface area contributed by atoms with Gasteiger partial charge in [0.15, 0.2) is 0 Å². The van der Waals surface area contributed by atoms with Crippen LogP contribution in [0, 0.1) is 6.92 Å². The van der Waals surface area contributed by atoms with Crippen molar-refractivity contribution in [1.82, 2.24) is 9.78 Å². The molecule has 2 aromatic heterocycles. The molecular formula is C21H16F3N3O2. The van der Waals surface area contributed by atoms with Crippen LogP contribution in [0.4, 0.5) is 18.9 Å². The summed E-state index contributed by atoms with van der Waals surface area (Å²) < 4.78 is 47.4. The number of aryl methyl sites for hydroxylation is 1. The van der Waals surface area contributed by atoms with Crippen LogP contribution in [0.2, 0.25) is 0 Å². The first-order valence-electron chi connectivity index (χ1n) is 8.79. The Labute approximate surface area is 163 Å². The van der Waals surface area contributed by atoms with Gasteiger partial charge in [-0.15, -0.1) is 0 Å². The van der Waals surface area contributed by atoms with E-state index < -0.39 is 17.6 Å². The Morgan fingerprint density at radius 2 is 2.03 bits per heavy atom. The lowest BCUT2D eigenvalue weighted by Crippen LogP contribution is -2.18. The number of carbonyl (C=O) groups is 1. The molecule has 1 amide bonds. The molecule has 4 rings (SSSR count). The van der Waals surface area contributed by atoms with Gasteiger partial charge in [-0.2, -0.15) is 18.3 Å². The van der Waals surface area contributed by atoms with Crippen molar-refractivity contribution in [2.75, 3.05) is 5.32 Å². The highest BCUT2D eigenvalue weighted by molar-refractivity contribution is 5.96. The molecule has 0 aliphatic carbocycles. The summed E-state index contributed by atoms with van der Waals surface area (Å²) in [5.41, 5.74) is 1.26. The molecule has 0 aliphatic rings. The van der Waals surface area contributed by atoms with Crippen LogP contribution < -0.4 is 5.32 Å². The molecule has 0 unspecified atom stereocenters. The van der Waals surface area contributed by atoms with E-state index in [1.165, 1.54) is 29.3 Å². The maximum atomic E-state index is 13.5. The van der Waals surface area contributed by atoms with E-state index in [1.54, 1.807) is 12.3 Å². The lowest BCUT2D eigenvalue weighted by atomic mass is 10.1. The monoisotopic (exact) mass is 399 g/mol. The first kappa shape index (κ1) is 18.8. The number of furan rings is 1. The molecule has 148 valence electrons. The number of anilines is 1. The third kappa shape index (κ3) is 3.87. The number of nitrogens with one attached hydrogen (secondary N) is 1. The van der Waals surface area contributed by atoms with E-state index in [1.807, 2.05) is 25.1 Å². The quantitative estimate of drug-likeness (QED) is 0.518. The van der Waals surface area contributed by atoms with Gasteiger partial charge in [0, 0.05) is 23.3 Å². The molecule has 0 fully saturated rings. The molecule has 0 saturated heterocycles. The highest BCUT2D eigenvalue weighted by Crippen LogP contribution is 2.36. The molecule has 0 aliphatic heterocycles. The van der Waals surface area contributed by atoms with E-state index in [2.05, 4.69) is 10.4 Å². The van der Waals surface area contributed by atoms with Gasteiger partial charge in [-0.1, -0.05) is 12.1 Å². The lowest BCUT2D eigenvalue weighted by Gasteiger charge is -2.15. The first-order valence-corrected chi connectivity index (χ1v) is 8.79. The van der Waals surface area contributed by atoms with Gasteiger partial charge in [-0.3, -0.25) is 4.79 Å². The molecule has 8 heteroatoms. The number of carbonyl (C=O) groups excluding carboxylic acids is 1. The van der Waals surface area contributed by atoms with E-state index in [-0.39, 0.29) is 17.8 Å². The molecule has 0 saturated carbocycles. The third-order valence-corrected chi connectivity index (χ3v) is 4.51. The average molecular weight is 399 g/mol. The fourth-order valence-corrected chi connectivity index (χ4v) is 3.13. The molecule has 1 N–H and O–H groups in total. The number of halogens is 3. The number of hydrogen-bond acceptors (Lipinski definition) is 3. The van der Waals surface area contributed by atoms with Crippen LogP contribution in [0.15, 0.2) is 65.5 Å². The standard InChI is InChI=1S/C21H16F3N3O2/c1-13-3-5-16-14(12-29-19(16)9-13)10-20(28)26-18-6-4-15(27-8-2-7-25-27)11-17(18)21(22,23)24/h2-9,11-12H,10H2,1H3,(H,26,28). The zero-order valence-electron chi connectivity index (χ0n) is 15.3. The Morgan fingerprint density at radius 3 is 2.76 bits per heavy atom. The number of aromatic nitrogens is 2. The first-order chi connectivity index (χ1) is 13.8. The highest BCUT2D eigenvalue weighted by Gasteiger charge is 2.34. The predicted octanol–water partition coefficient (Wildman–Crippen LogP) is 5.13. The van der Waals surface area contributed by atoms with Crippen LogP contribution in [-0.4, -0.2) is 15.7 Å². The van der Waals surface area contributed by atoms with Gasteiger partial charge in [0.05, 0.1) is 29.6 Å². The fraction of sp³-hybridized carbons (Fsp3) is 0.143. The van der Waals surface area contributed by atoms with Gasteiger partial charge in [0.2, 0.25) is 5.91 Å². The Bertz CT molecular complexity index is 1180. The third-order valence-electron chi connectivity index (χ3n) is 4.51. The van der Waals surface area contributed by atoms with Crippen molar-refractivity contribution in [2.24, 2.45) is 0 Å². The molecule has 0 atom stereocenters. The summed E-state index contributed by atoms with van der Waals surface area (Å²) in [6.07, 6.45) is -0.270. The smallest absolute Gasteiger partial charge is 0.418 e. The number of hydrogen-bond donors (Lipinski definition) is 1. The number of fused-ring (bicyclic) bond motifs is 1. The van der Waals surface area contributed by atoms with Crippen LogP contribution in [0.5, 0.6) is 0 Å². The number of alkyl halides is 3. The Kier molecular flexibility index (Phi) is 4.62. The van der Waals surface area contributed by atoms with Gasteiger partial charge in [-0.25, -0.2) is 4.68 Å². The van der Waals surface area contributed by atoms with Gasteiger partial charge < -0.3 is 9.73 Å². The Balaban J connectivity index is 1.60. The topological polar surface area (TPSA) is 60.1 Å². The van der Waals surface area contributed by atoms with Gasteiger partial charge >= 0.3 is 6.18 Å². The summed E-state index contributed by atoms with van der Waals surface area (Å²) in [6, 6.07) is 10.8. The predicted molar refractivity (Wildman–Crippen MR) is 102 cm³/mol. The summed E-state index contributed by atoms with van der Waals surface area (Å²) in [4.78, 5) is 12.4. The average Bonchev–Trinajstić information content (AvgIpc) is 3.31. The van der Waals surface area contributed by atoms with Crippen molar-refractivity contribution in [1.29, 1.82) is 0 Å². The largest absolute Gasteiger partial charge is 0.464 e. The molecule has 29 heavy (non-hydrogen) atoms. The summed E-state index contributed by atoms with van der Waals surface area (Å²) in [7, 11) is 0. The van der Waals surface area contributed by atoms with E-state index in [4.69, 9.17) is 4.42 Å². The van der Waals surface area contributed by atoms with Crippen molar-refractivity contribution in [3.63, 3.8) is 0 Å². The van der Waals surface area contributed by atoms with Crippen LogP contribution in [0.3, 0.4) is 0 Å². The maximum Gasteiger partial charge on any atom is 0.418 e. The SMILES string of the molecule is Cc1ccc2c(CC(=O)Nc3ccc(-n4cccn4)cc3C(F)(F)F)coc2c1. The number of benzene rings is 2.